The van der Waals surface area contributed by atoms with E-state index in [1.807, 2.05) is 6.20 Å². The van der Waals surface area contributed by atoms with Crippen LogP contribution in [0.4, 0.5) is 0 Å². The molecule has 11 nitrogen and oxygen atoms in total. The number of benzene rings is 5. The summed E-state index contributed by atoms with van der Waals surface area (Å²) in [6.07, 6.45) is 20.9. The summed E-state index contributed by atoms with van der Waals surface area (Å²) >= 11 is 5.94. The molecule has 396 valence electrons. The fraction of sp³-hybridized carbons (Fsp3) is 0.200. The minimum absolute atomic E-state index is 0.292. The normalized spacial score (nSPS) is 12.6. The van der Waals surface area contributed by atoms with Crippen LogP contribution in [0.5, 0.6) is 0 Å². The summed E-state index contributed by atoms with van der Waals surface area (Å²) in [5.41, 5.74) is 28.7. The maximum absolute atomic E-state index is 10.9. The number of amides is 2. The van der Waals surface area contributed by atoms with E-state index in [1.54, 1.807) is 0 Å². The van der Waals surface area contributed by atoms with Gasteiger partial charge in [0.2, 0.25) is 0 Å². The van der Waals surface area contributed by atoms with Gasteiger partial charge in [0, 0.05) is 191 Å². The molecular formula is C65H65Br2N9O2. The highest BCUT2D eigenvalue weighted by Gasteiger charge is 2.32. The van der Waals surface area contributed by atoms with Crippen LogP contribution in [0.15, 0.2) is 162 Å². The third-order valence-corrected chi connectivity index (χ3v) is 16.7. The monoisotopic (exact) mass is 1160 g/mol. The molecule has 0 aliphatic carbocycles. The van der Waals surface area contributed by atoms with E-state index in [0.29, 0.717) is 15.5 Å². The molecule has 0 unspecified atom stereocenters. The number of aromatic amines is 2. The molecule has 0 saturated heterocycles. The van der Waals surface area contributed by atoms with Crippen LogP contribution in [-0.4, -0.2) is 63.1 Å². The van der Waals surface area contributed by atoms with Crippen LogP contribution in [0.25, 0.3) is 99.0 Å². The van der Waals surface area contributed by atoms with Gasteiger partial charge < -0.3 is 38.5 Å². The van der Waals surface area contributed by atoms with Gasteiger partial charge in [-0.1, -0.05) is 58.1 Å². The first-order chi connectivity index (χ1) is 37.4. The topological polar surface area (TPSA) is 120 Å². The SMILES string of the molecule is CN1C(=O)C(Br)=C(Br)C1=O.Cc1ccc2[nH]cc(-c3cn(C)cc3-c3cn(C)c4ccc(C)cc34)c2c1.Cc1ccc2[nH]ccc2c1.Cc1ccc2c(c1)c(-c1cn(C)cc1-c1cn(CCCN)c3ccc(C)cc13)cn2C. The average molecular weight is 1160 g/mol. The minimum atomic E-state index is -0.308. The standard InChI is InChI=1S/C27H30N4.C24H23N3.C9H9N.C5H3Br2NO2/c1-18-6-8-26-20(12-18)24(16-30(26)4)22-14-29(3)15-23(22)25-17-31(11-5-10-28)27-9-7-19(2)13-21(25)27;1-15-5-7-23-17(9-15)19(11-25-23)20-12-26(3)13-21(20)22-14-27(4)24-8-6-16(2)10-18(22)24;1-7-2-3-9-8(6-7)4-5-10-9;1-8-4(9)2(6)3(7)5(8)10/h6-9,12-17H,5,10-11,28H2,1-4H3;5-14,25H,1-4H3;2-6,10H,1H3;1H3. The van der Waals surface area contributed by atoms with Gasteiger partial charge in [0.15, 0.2) is 0 Å². The summed E-state index contributed by atoms with van der Waals surface area (Å²) in [7, 11) is 9.90. The number of H-pyrrole nitrogens is 2. The third kappa shape index (κ3) is 10.4. The van der Waals surface area contributed by atoms with Crippen molar-refractivity contribution in [3.63, 3.8) is 0 Å². The quantitative estimate of drug-likeness (QED) is 0.138. The van der Waals surface area contributed by atoms with Crippen LogP contribution < -0.4 is 5.73 Å². The molecule has 1 aliphatic heterocycles. The van der Waals surface area contributed by atoms with Crippen molar-refractivity contribution in [2.75, 3.05) is 13.6 Å². The first kappa shape index (κ1) is 53.6. The van der Waals surface area contributed by atoms with E-state index in [9.17, 15) is 9.59 Å². The first-order valence-corrected chi connectivity index (χ1v) is 27.7. The smallest absolute Gasteiger partial charge is 0.268 e. The molecule has 13 heteroatoms. The highest BCUT2D eigenvalue weighted by Crippen LogP contribution is 2.43. The Kier molecular flexibility index (Phi) is 15.0. The summed E-state index contributed by atoms with van der Waals surface area (Å²) in [6.45, 7) is 12.4. The second kappa shape index (κ2) is 21.9. The Hall–Kier alpha value is -7.84. The van der Waals surface area contributed by atoms with E-state index >= 15 is 0 Å². The highest BCUT2D eigenvalue weighted by molar-refractivity contribution is 9.14. The number of carbonyl (C=O) groups excluding carboxylic acids is 2. The van der Waals surface area contributed by atoms with Gasteiger partial charge >= 0.3 is 0 Å². The second-order valence-corrected chi connectivity index (χ2v) is 22.5. The van der Waals surface area contributed by atoms with E-state index in [-0.39, 0.29) is 11.8 Å². The van der Waals surface area contributed by atoms with Crippen LogP contribution in [-0.2, 0) is 44.3 Å². The number of imide groups is 1. The van der Waals surface area contributed by atoms with Gasteiger partial charge in [-0.15, -0.1) is 0 Å². The van der Waals surface area contributed by atoms with E-state index in [4.69, 9.17) is 5.73 Å². The van der Waals surface area contributed by atoms with Gasteiger partial charge in [0.05, 0.1) is 0 Å². The molecular weight excluding hydrogens is 1100 g/mol. The van der Waals surface area contributed by atoms with Gasteiger partial charge in [-0.3, -0.25) is 14.5 Å². The van der Waals surface area contributed by atoms with Crippen LogP contribution >= 0.6 is 31.9 Å². The first-order valence-electron chi connectivity index (χ1n) is 26.1. The van der Waals surface area contributed by atoms with Crippen molar-refractivity contribution in [2.45, 2.75) is 47.6 Å². The summed E-state index contributed by atoms with van der Waals surface area (Å²) in [5.74, 6) is -0.617. The van der Waals surface area contributed by atoms with E-state index in [2.05, 4.69) is 274 Å². The lowest BCUT2D eigenvalue weighted by molar-refractivity contribution is -0.135. The molecule has 0 saturated carbocycles. The van der Waals surface area contributed by atoms with Crippen molar-refractivity contribution in [3.05, 3.63) is 190 Å². The number of likely N-dealkylation sites (N-methyl/N-ethyl adjacent to an activating group) is 1. The largest absolute Gasteiger partial charge is 0.361 e. The van der Waals surface area contributed by atoms with Gasteiger partial charge in [-0.25, -0.2) is 0 Å². The molecule has 0 fully saturated rings. The molecule has 7 aromatic heterocycles. The summed E-state index contributed by atoms with van der Waals surface area (Å²) in [4.78, 5) is 29.4. The number of nitrogens with one attached hydrogen (secondary N) is 2. The zero-order valence-electron chi connectivity index (χ0n) is 45.9. The Morgan fingerprint density at radius 2 is 0.872 bits per heavy atom. The Balaban J connectivity index is 0.000000131. The number of fused-ring (bicyclic) bond motifs is 5. The predicted molar refractivity (Wildman–Crippen MR) is 331 cm³/mol. The lowest BCUT2D eigenvalue weighted by Gasteiger charge is -2.04. The fourth-order valence-electron chi connectivity index (χ4n) is 10.7. The lowest BCUT2D eigenvalue weighted by atomic mass is 9.97. The van der Waals surface area contributed by atoms with Crippen molar-refractivity contribution in [1.29, 1.82) is 0 Å². The van der Waals surface area contributed by atoms with E-state index in [1.165, 1.54) is 134 Å². The molecule has 12 aromatic rings. The van der Waals surface area contributed by atoms with Crippen molar-refractivity contribution in [2.24, 2.45) is 33.9 Å². The number of rotatable bonds is 7. The van der Waals surface area contributed by atoms with Crippen molar-refractivity contribution >= 4 is 98.2 Å². The second-order valence-electron chi connectivity index (χ2n) is 20.9. The number of carbonyl (C=O) groups is 2. The van der Waals surface area contributed by atoms with Gasteiger partial charge in [-0.05, 0) is 152 Å². The van der Waals surface area contributed by atoms with Gasteiger partial charge in [0.1, 0.15) is 8.96 Å². The highest BCUT2D eigenvalue weighted by atomic mass is 79.9. The number of hydrogen-bond donors (Lipinski definition) is 3. The maximum atomic E-state index is 10.9. The van der Waals surface area contributed by atoms with E-state index < -0.39 is 0 Å². The predicted octanol–water partition coefficient (Wildman–Crippen LogP) is 15.2. The Bertz CT molecular complexity index is 4270. The molecule has 4 N–H and O–H groups in total. The molecule has 1 aliphatic rings. The van der Waals surface area contributed by atoms with Gasteiger partial charge in [0.25, 0.3) is 11.8 Å². The minimum Gasteiger partial charge on any atom is -0.361 e. The summed E-state index contributed by atoms with van der Waals surface area (Å²) < 4.78 is 11.7. The number of hydrogen-bond acceptors (Lipinski definition) is 3. The number of aromatic nitrogens is 7. The van der Waals surface area contributed by atoms with Gasteiger partial charge in [-0.2, -0.15) is 0 Å². The third-order valence-electron chi connectivity index (χ3n) is 14.7. The number of halogens is 2. The maximum Gasteiger partial charge on any atom is 0.268 e. The molecule has 13 rings (SSSR count). The van der Waals surface area contributed by atoms with Crippen LogP contribution in [0.3, 0.4) is 0 Å². The molecule has 5 aromatic carbocycles. The average Bonchev–Trinajstić information content (AvgIpc) is 4.49. The number of nitrogens with zero attached hydrogens (tertiary/aromatic N) is 6. The molecule has 0 atom stereocenters. The van der Waals surface area contributed by atoms with Crippen molar-refractivity contribution in [1.82, 2.24) is 37.7 Å². The Morgan fingerprint density at radius 3 is 1.36 bits per heavy atom. The molecule has 0 radical (unpaired) electrons. The number of nitrogens with two attached hydrogens (primary N) is 1. The Morgan fingerprint density at radius 1 is 0.449 bits per heavy atom. The molecule has 0 spiro atoms. The molecule has 8 heterocycles. The number of aryl methyl sites for hydroxylation is 10. The molecule has 2 amide bonds. The molecule has 0 bridgehead atoms. The van der Waals surface area contributed by atoms with E-state index in [0.717, 1.165) is 17.9 Å². The Labute approximate surface area is 471 Å². The van der Waals surface area contributed by atoms with Crippen molar-refractivity contribution < 1.29 is 9.59 Å². The zero-order chi connectivity index (χ0) is 55.3. The van der Waals surface area contributed by atoms with Crippen LogP contribution in [0.2, 0.25) is 0 Å². The molecule has 78 heavy (non-hydrogen) atoms. The van der Waals surface area contributed by atoms with Crippen molar-refractivity contribution in [3.8, 4) is 44.5 Å². The zero-order valence-corrected chi connectivity index (χ0v) is 49.1. The van der Waals surface area contributed by atoms with Crippen LogP contribution in [0, 0.1) is 34.6 Å². The summed E-state index contributed by atoms with van der Waals surface area (Å²) in [6, 6.07) is 35.2. The van der Waals surface area contributed by atoms with Crippen LogP contribution in [0.1, 0.15) is 34.2 Å². The lowest BCUT2D eigenvalue weighted by Crippen LogP contribution is -2.25. The summed E-state index contributed by atoms with van der Waals surface area (Å²) in [5, 5.41) is 6.48. The fourth-order valence-corrected chi connectivity index (χ4v) is 11.6.